The van der Waals surface area contributed by atoms with Gasteiger partial charge in [0.2, 0.25) is 10.0 Å². The Hall–Kier alpha value is -1.49. The van der Waals surface area contributed by atoms with Gasteiger partial charge in [-0.3, -0.25) is 4.90 Å². The van der Waals surface area contributed by atoms with Gasteiger partial charge in [-0.25, -0.2) is 8.42 Å². The maximum absolute atomic E-state index is 14.0. The zero-order chi connectivity index (χ0) is 32.3. The topological polar surface area (TPSA) is 79.3 Å². The number of hydrogen-bond acceptors (Lipinski definition) is 6. The number of aromatic hydroxyl groups is 1. The minimum Gasteiger partial charge on any atom is -0.541 e. The lowest BCUT2D eigenvalue weighted by atomic mass is 9.51. The second-order valence-electron chi connectivity index (χ2n) is 15.7. The fourth-order valence-corrected chi connectivity index (χ4v) is 11.3. The quantitative estimate of drug-likeness (QED) is 0.291. The molecule has 246 valence electrons. The van der Waals surface area contributed by atoms with E-state index in [1.807, 2.05) is 0 Å². The van der Waals surface area contributed by atoms with Crippen LogP contribution in [0.4, 0.5) is 0 Å². The van der Waals surface area contributed by atoms with Crippen LogP contribution in [0.1, 0.15) is 69.6 Å². The molecule has 11 heteroatoms. The molecule has 1 N–H and O–H groups in total. The Kier molecular flexibility index (Phi) is 7.67. The van der Waals surface area contributed by atoms with Crippen LogP contribution in [0.3, 0.4) is 0 Å². The van der Waals surface area contributed by atoms with Crippen molar-refractivity contribution >= 4 is 41.5 Å². The largest absolute Gasteiger partial charge is 0.541 e. The molecular formula is C34H46Cl2N2O5SSi. The highest BCUT2D eigenvalue weighted by atomic mass is 35.5. The molecule has 7 rings (SSSR count). The van der Waals surface area contributed by atoms with Gasteiger partial charge in [-0.05, 0) is 92.7 Å². The van der Waals surface area contributed by atoms with Gasteiger partial charge in [-0.1, -0.05) is 50.0 Å². The van der Waals surface area contributed by atoms with Crippen LogP contribution in [0, 0.1) is 11.8 Å². The Balaban J connectivity index is 1.30. The SMILES string of the molecule is CN([C@H]1CC[C@H]2[C@H]3Cc4c(O)cc(O[Si](C)(C)C(C)(C)C)c5c4[C@@]2(CCN3CC2CC2)[C@H]1O5)S(=O)(=O)Cc1ccc(Cl)c(Cl)c1. The predicted octanol–water partition coefficient (Wildman–Crippen LogP) is 7.36. The van der Waals surface area contributed by atoms with E-state index in [1.54, 1.807) is 35.6 Å². The summed E-state index contributed by atoms with van der Waals surface area (Å²) in [5.41, 5.74) is 2.28. The first-order valence-corrected chi connectivity index (χ1v) is 21.7. The summed E-state index contributed by atoms with van der Waals surface area (Å²) in [5.74, 6) is 2.56. The molecule has 1 spiro atoms. The lowest BCUT2D eigenvalue weighted by Crippen LogP contribution is -2.69. The highest BCUT2D eigenvalue weighted by Crippen LogP contribution is 2.66. The number of phenols is 1. The molecule has 3 aliphatic carbocycles. The third-order valence-corrected chi connectivity index (χ3v) is 19.0. The number of likely N-dealkylation sites (N-methyl/N-ethyl adjacent to an activating group) is 1. The van der Waals surface area contributed by atoms with Crippen molar-refractivity contribution in [1.82, 2.24) is 9.21 Å². The number of benzene rings is 2. The first-order chi connectivity index (χ1) is 21.0. The molecular weight excluding hydrogens is 647 g/mol. The third-order valence-electron chi connectivity index (χ3n) is 12.1. The number of phenolic OH excluding ortho intramolecular Hbond substituents is 1. The van der Waals surface area contributed by atoms with Crippen LogP contribution >= 0.6 is 23.2 Å². The molecule has 5 aliphatic rings. The molecule has 0 radical (unpaired) electrons. The monoisotopic (exact) mass is 692 g/mol. The van der Waals surface area contributed by atoms with E-state index < -0.39 is 18.3 Å². The summed E-state index contributed by atoms with van der Waals surface area (Å²) in [4.78, 5) is 2.68. The average Bonchev–Trinajstić information content (AvgIpc) is 3.70. The van der Waals surface area contributed by atoms with Gasteiger partial charge in [0.1, 0.15) is 11.9 Å². The fraction of sp³-hybridized carbons (Fsp3) is 0.647. The Morgan fingerprint density at radius 3 is 2.53 bits per heavy atom. The number of hydrogen-bond donors (Lipinski definition) is 1. The van der Waals surface area contributed by atoms with Crippen molar-refractivity contribution in [3.8, 4) is 17.2 Å². The molecule has 1 saturated heterocycles. The minimum absolute atomic E-state index is 0.0436. The number of piperidine rings is 1. The van der Waals surface area contributed by atoms with E-state index in [0.717, 1.165) is 61.6 Å². The molecule has 5 atom stereocenters. The molecule has 2 bridgehead atoms. The average molecular weight is 694 g/mol. The maximum Gasteiger partial charge on any atom is 0.250 e. The summed E-state index contributed by atoms with van der Waals surface area (Å²) >= 11 is 12.4. The number of nitrogens with zero attached hydrogens (tertiary/aromatic N) is 2. The third kappa shape index (κ3) is 5.14. The van der Waals surface area contributed by atoms with Crippen LogP contribution in [0.25, 0.3) is 0 Å². The second kappa shape index (κ2) is 10.8. The lowest BCUT2D eigenvalue weighted by Gasteiger charge is -2.60. The standard InChI is InChI=1S/C34H46Cl2N2O5SSi/c1-33(2,3)45(5,6)43-29-17-28(39)22-16-27-23-10-12-26(37(4)44(40,41)19-21-9-11-24(35)25(36)15-21)32-34(23,30(22)31(29)42-32)13-14-38(27)18-20-7-8-20/h9,11,15,17,20,23,26-27,32,39H,7-8,10,12-14,16,18-19H2,1-6H3/t23-,26-,27+,32-,34-/m0/s1. The van der Waals surface area contributed by atoms with Gasteiger partial charge in [0.05, 0.1) is 21.8 Å². The van der Waals surface area contributed by atoms with Crippen LogP contribution in [-0.2, 0) is 27.6 Å². The van der Waals surface area contributed by atoms with E-state index in [1.165, 1.54) is 12.8 Å². The molecule has 2 aromatic rings. The van der Waals surface area contributed by atoms with E-state index >= 15 is 0 Å². The molecule has 2 aliphatic heterocycles. The van der Waals surface area contributed by atoms with Gasteiger partial charge in [0.25, 0.3) is 8.32 Å². The number of rotatable bonds is 8. The smallest absolute Gasteiger partial charge is 0.250 e. The van der Waals surface area contributed by atoms with Crippen molar-refractivity contribution in [2.24, 2.45) is 11.8 Å². The fourth-order valence-electron chi connectivity index (χ4n) is 8.53. The Morgan fingerprint density at radius 2 is 1.87 bits per heavy atom. The molecule has 0 unspecified atom stereocenters. The normalized spacial score (nSPS) is 29.4. The van der Waals surface area contributed by atoms with Gasteiger partial charge < -0.3 is 14.3 Å². The van der Waals surface area contributed by atoms with Crippen molar-refractivity contribution in [3.63, 3.8) is 0 Å². The zero-order valence-corrected chi connectivity index (χ0v) is 30.5. The summed E-state index contributed by atoms with van der Waals surface area (Å²) in [6.07, 6.45) is 5.54. The van der Waals surface area contributed by atoms with Crippen LogP contribution in [0.15, 0.2) is 24.3 Å². The van der Waals surface area contributed by atoms with Gasteiger partial charge in [0, 0.05) is 42.2 Å². The van der Waals surface area contributed by atoms with E-state index in [9.17, 15) is 13.5 Å². The first-order valence-electron chi connectivity index (χ1n) is 16.4. The summed E-state index contributed by atoms with van der Waals surface area (Å²) < 4.78 is 43.6. The molecule has 0 aromatic heterocycles. The molecule has 2 heterocycles. The Morgan fingerprint density at radius 1 is 1.13 bits per heavy atom. The van der Waals surface area contributed by atoms with E-state index in [-0.39, 0.29) is 34.1 Å². The van der Waals surface area contributed by atoms with Crippen molar-refractivity contribution in [3.05, 3.63) is 51.0 Å². The van der Waals surface area contributed by atoms with Gasteiger partial charge in [-0.2, -0.15) is 4.31 Å². The van der Waals surface area contributed by atoms with Crippen LogP contribution in [0.5, 0.6) is 17.2 Å². The highest BCUT2D eigenvalue weighted by molar-refractivity contribution is 7.88. The van der Waals surface area contributed by atoms with E-state index in [2.05, 4.69) is 38.8 Å². The van der Waals surface area contributed by atoms with Gasteiger partial charge in [0.15, 0.2) is 11.5 Å². The molecule has 0 amide bonds. The molecule has 2 saturated carbocycles. The van der Waals surface area contributed by atoms with Crippen LogP contribution in [0.2, 0.25) is 28.2 Å². The molecule has 3 fully saturated rings. The summed E-state index contributed by atoms with van der Waals surface area (Å²) in [6.45, 7) is 13.1. The number of likely N-dealkylation sites (tertiary alicyclic amines) is 1. The summed E-state index contributed by atoms with van der Waals surface area (Å²) in [7, 11) is -4.30. The zero-order valence-electron chi connectivity index (χ0n) is 27.2. The van der Waals surface area contributed by atoms with E-state index in [4.69, 9.17) is 32.4 Å². The number of halogens is 2. The van der Waals surface area contributed by atoms with Gasteiger partial charge >= 0.3 is 0 Å². The van der Waals surface area contributed by atoms with Gasteiger partial charge in [-0.15, -0.1) is 0 Å². The molecule has 2 aromatic carbocycles. The maximum atomic E-state index is 14.0. The second-order valence-corrected chi connectivity index (χ2v) is 23.3. The minimum atomic E-state index is -3.73. The van der Waals surface area contributed by atoms with Crippen molar-refractivity contribution in [2.45, 2.75) is 107 Å². The number of sulfonamides is 1. The first kappa shape index (κ1) is 32.1. The lowest BCUT2D eigenvalue weighted by molar-refractivity contribution is -0.0754. The van der Waals surface area contributed by atoms with Crippen molar-refractivity contribution < 1.29 is 22.7 Å². The number of ether oxygens (including phenoxy) is 1. The Bertz CT molecular complexity index is 1640. The highest BCUT2D eigenvalue weighted by Gasteiger charge is 2.67. The summed E-state index contributed by atoms with van der Waals surface area (Å²) in [5, 5.41) is 12.3. The summed E-state index contributed by atoms with van der Waals surface area (Å²) in [6, 6.07) is 6.73. The molecule has 7 nitrogen and oxygen atoms in total. The van der Waals surface area contributed by atoms with E-state index in [0.29, 0.717) is 33.3 Å². The van der Waals surface area contributed by atoms with Crippen LogP contribution < -0.4 is 9.16 Å². The Labute approximate surface area is 279 Å². The van der Waals surface area contributed by atoms with Crippen LogP contribution in [-0.4, -0.2) is 69.4 Å². The van der Waals surface area contributed by atoms with Crippen molar-refractivity contribution in [1.29, 1.82) is 0 Å². The predicted molar refractivity (Wildman–Crippen MR) is 182 cm³/mol. The molecule has 45 heavy (non-hydrogen) atoms. The van der Waals surface area contributed by atoms with Crippen molar-refractivity contribution in [2.75, 3.05) is 20.1 Å².